The molecule has 1 N–H and O–H groups in total. The van der Waals surface area contributed by atoms with Crippen molar-refractivity contribution < 1.29 is 14.3 Å². The van der Waals surface area contributed by atoms with Crippen molar-refractivity contribution in [1.29, 1.82) is 0 Å². The molecule has 0 aliphatic rings. The van der Waals surface area contributed by atoms with Crippen molar-refractivity contribution in [2.45, 2.75) is 19.8 Å². The number of carboxylic acids is 1. The van der Waals surface area contributed by atoms with Gasteiger partial charge in [-0.2, -0.15) is 5.10 Å². The largest absolute Gasteiger partial charge is 0.478 e. The Hall–Kier alpha value is -3.80. The number of aliphatic carboxylic acids is 1. The van der Waals surface area contributed by atoms with Gasteiger partial charge in [0.05, 0.1) is 16.9 Å². The summed E-state index contributed by atoms with van der Waals surface area (Å²) in [4.78, 5) is 15.9. The van der Waals surface area contributed by atoms with Gasteiger partial charge < -0.3 is 5.11 Å². The van der Waals surface area contributed by atoms with E-state index >= 15 is 0 Å². The number of hydrogen-bond donors (Lipinski definition) is 1. The molecule has 4 aromatic rings. The van der Waals surface area contributed by atoms with Gasteiger partial charge in [0.25, 0.3) is 0 Å². The SMILES string of the molecule is CC(C)c1nn(-c2ccc3ccccc3n2)c(-c2ccc(F)cc2)c1/C=C/C(=O)O. The van der Waals surface area contributed by atoms with Crippen LogP contribution in [0.5, 0.6) is 0 Å². The lowest BCUT2D eigenvalue weighted by Crippen LogP contribution is -2.03. The van der Waals surface area contributed by atoms with Gasteiger partial charge >= 0.3 is 5.97 Å². The van der Waals surface area contributed by atoms with Gasteiger partial charge in [-0.1, -0.05) is 32.0 Å². The van der Waals surface area contributed by atoms with E-state index in [1.54, 1.807) is 22.9 Å². The lowest BCUT2D eigenvalue weighted by molar-refractivity contribution is -0.131. The molecule has 5 nitrogen and oxygen atoms in total. The van der Waals surface area contributed by atoms with Gasteiger partial charge in [-0.05, 0) is 54.5 Å². The van der Waals surface area contributed by atoms with Crippen molar-refractivity contribution in [1.82, 2.24) is 14.8 Å². The number of para-hydroxylation sites is 1. The highest BCUT2D eigenvalue weighted by Crippen LogP contribution is 2.33. The van der Waals surface area contributed by atoms with Crippen LogP contribution in [0.25, 0.3) is 34.1 Å². The molecule has 0 aliphatic heterocycles. The highest BCUT2D eigenvalue weighted by Gasteiger charge is 2.21. The van der Waals surface area contributed by atoms with Gasteiger partial charge in [-0.25, -0.2) is 18.9 Å². The predicted molar refractivity (Wildman–Crippen MR) is 115 cm³/mol. The molecule has 6 heteroatoms. The van der Waals surface area contributed by atoms with E-state index in [4.69, 9.17) is 15.2 Å². The minimum absolute atomic E-state index is 0.0411. The molecule has 0 saturated heterocycles. The monoisotopic (exact) mass is 401 g/mol. The number of benzene rings is 2. The number of carboxylic acid groups (broad SMARTS) is 1. The van der Waals surface area contributed by atoms with Crippen LogP contribution in [0.1, 0.15) is 31.0 Å². The second kappa shape index (κ2) is 7.91. The minimum atomic E-state index is -1.05. The average molecular weight is 401 g/mol. The molecule has 2 aromatic heterocycles. The summed E-state index contributed by atoms with van der Waals surface area (Å²) in [5, 5.41) is 15.0. The third kappa shape index (κ3) is 3.72. The van der Waals surface area contributed by atoms with Crippen LogP contribution in [-0.2, 0) is 4.79 Å². The van der Waals surface area contributed by atoms with E-state index in [1.807, 2.05) is 50.2 Å². The van der Waals surface area contributed by atoms with Crippen LogP contribution in [0.4, 0.5) is 4.39 Å². The lowest BCUT2D eigenvalue weighted by atomic mass is 9.99. The third-order valence-corrected chi connectivity index (χ3v) is 4.81. The summed E-state index contributed by atoms with van der Waals surface area (Å²) in [6, 6.07) is 17.7. The van der Waals surface area contributed by atoms with Crippen molar-refractivity contribution in [3.63, 3.8) is 0 Å². The maximum Gasteiger partial charge on any atom is 0.328 e. The molecular formula is C24H20FN3O2. The molecule has 0 unspecified atom stereocenters. The Balaban J connectivity index is 2.01. The van der Waals surface area contributed by atoms with Crippen LogP contribution in [-0.4, -0.2) is 25.8 Å². The fourth-order valence-corrected chi connectivity index (χ4v) is 3.42. The molecule has 2 aromatic carbocycles. The number of fused-ring (bicyclic) bond motifs is 1. The van der Waals surface area contributed by atoms with Crippen molar-refractivity contribution in [3.8, 4) is 17.1 Å². The van der Waals surface area contributed by atoms with E-state index in [1.165, 1.54) is 12.1 Å². The van der Waals surface area contributed by atoms with Crippen molar-refractivity contribution >= 4 is 22.9 Å². The molecule has 0 atom stereocenters. The van der Waals surface area contributed by atoms with Crippen LogP contribution in [0.2, 0.25) is 0 Å². The quantitative estimate of drug-likeness (QED) is 0.452. The van der Waals surface area contributed by atoms with Crippen molar-refractivity contribution in [2.75, 3.05) is 0 Å². The van der Waals surface area contributed by atoms with E-state index in [0.717, 1.165) is 28.2 Å². The highest BCUT2D eigenvalue weighted by molar-refractivity contribution is 5.88. The van der Waals surface area contributed by atoms with E-state index in [-0.39, 0.29) is 11.7 Å². The summed E-state index contributed by atoms with van der Waals surface area (Å²) in [6.45, 7) is 3.99. The lowest BCUT2D eigenvalue weighted by Gasteiger charge is -2.09. The van der Waals surface area contributed by atoms with E-state index in [0.29, 0.717) is 17.1 Å². The maximum atomic E-state index is 13.6. The summed E-state index contributed by atoms with van der Waals surface area (Å²) in [7, 11) is 0. The Morgan fingerprint density at radius 2 is 1.80 bits per heavy atom. The molecule has 0 saturated carbocycles. The summed E-state index contributed by atoms with van der Waals surface area (Å²) >= 11 is 0. The zero-order valence-electron chi connectivity index (χ0n) is 16.6. The normalized spacial score (nSPS) is 11.6. The molecule has 0 aliphatic carbocycles. The molecule has 0 spiro atoms. The topological polar surface area (TPSA) is 68.0 Å². The summed E-state index contributed by atoms with van der Waals surface area (Å²) < 4.78 is 15.3. The first-order chi connectivity index (χ1) is 14.4. The van der Waals surface area contributed by atoms with Crippen LogP contribution in [0.15, 0.2) is 66.7 Å². The standard InChI is InChI=1S/C24H20FN3O2/c1-15(2)23-19(12-14-22(29)30)24(17-7-10-18(25)11-8-17)28(27-23)21-13-9-16-5-3-4-6-20(16)26-21/h3-15H,1-2H3,(H,29,30)/b14-12+. The second-order valence-corrected chi connectivity index (χ2v) is 7.25. The van der Waals surface area contributed by atoms with Crippen LogP contribution in [0, 0.1) is 5.82 Å². The molecule has 4 rings (SSSR count). The number of halogens is 1. The van der Waals surface area contributed by atoms with Gasteiger partial charge in [0.1, 0.15) is 5.82 Å². The highest BCUT2D eigenvalue weighted by atomic mass is 19.1. The van der Waals surface area contributed by atoms with E-state index in [9.17, 15) is 9.18 Å². The van der Waals surface area contributed by atoms with Crippen LogP contribution < -0.4 is 0 Å². The Labute approximate surface area is 173 Å². The first-order valence-electron chi connectivity index (χ1n) is 9.60. The van der Waals surface area contributed by atoms with Crippen molar-refractivity contribution in [2.24, 2.45) is 0 Å². The summed E-state index contributed by atoms with van der Waals surface area (Å²) in [5.41, 5.74) is 3.62. The molecule has 150 valence electrons. The van der Waals surface area contributed by atoms with E-state index < -0.39 is 5.97 Å². The van der Waals surface area contributed by atoms with Crippen LogP contribution >= 0.6 is 0 Å². The molecule has 2 heterocycles. The van der Waals surface area contributed by atoms with Gasteiger partial charge in [0.15, 0.2) is 5.82 Å². The Kier molecular flexibility index (Phi) is 5.14. The molecule has 0 bridgehead atoms. The number of hydrogen-bond acceptors (Lipinski definition) is 3. The van der Waals surface area contributed by atoms with Crippen molar-refractivity contribution in [3.05, 3.63) is 83.8 Å². The number of nitrogens with zero attached hydrogens (tertiary/aromatic N) is 3. The first-order valence-corrected chi connectivity index (χ1v) is 9.60. The molecule has 0 radical (unpaired) electrons. The van der Waals surface area contributed by atoms with E-state index in [2.05, 4.69) is 0 Å². The van der Waals surface area contributed by atoms with Gasteiger partial charge in [0, 0.05) is 22.6 Å². The maximum absolute atomic E-state index is 13.6. The third-order valence-electron chi connectivity index (χ3n) is 4.81. The molecule has 0 amide bonds. The van der Waals surface area contributed by atoms with Gasteiger partial charge in [-0.3, -0.25) is 0 Å². The number of carbonyl (C=O) groups is 1. The smallest absolute Gasteiger partial charge is 0.328 e. The summed E-state index contributed by atoms with van der Waals surface area (Å²) in [6.07, 6.45) is 2.63. The molecule has 30 heavy (non-hydrogen) atoms. The summed E-state index contributed by atoms with van der Waals surface area (Å²) in [5.74, 6) is -0.754. The number of rotatable bonds is 5. The number of aromatic nitrogens is 3. The van der Waals surface area contributed by atoms with Crippen LogP contribution in [0.3, 0.4) is 0 Å². The first kappa shape index (κ1) is 19.5. The zero-order valence-corrected chi connectivity index (χ0v) is 16.6. The van der Waals surface area contributed by atoms with Gasteiger partial charge in [0.2, 0.25) is 0 Å². The molecular weight excluding hydrogens is 381 g/mol. The Morgan fingerprint density at radius 3 is 2.50 bits per heavy atom. The Morgan fingerprint density at radius 1 is 1.07 bits per heavy atom. The van der Waals surface area contributed by atoms with Gasteiger partial charge in [-0.15, -0.1) is 0 Å². The zero-order chi connectivity index (χ0) is 21.3. The average Bonchev–Trinajstić information content (AvgIpc) is 3.12. The minimum Gasteiger partial charge on any atom is -0.478 e. The fourth-order valence-electron chi connectivity index (χ4n) is 3.42. The Bertz CT molecular complexity index is 1260. The predicted octanol–water partition coefficient (Wildman–Crippen LogP) is 5.45. The molecule has 0 fully saturated rings. The fraction of sp³-hybridized carbons (Fsp3) is 0.125. The number of pyridine rings is 1. The second-order valence-electron chi connectivity index (χ2n) is 7.25.